The molecule has 0 saturated carbocycles. The summed E-state index contributed by atoms with van der Waals surface area (Å²) in [6.45, 7) is 0.383. The molecule has 0 atom stereocenters. The lowest BCUT2D eigenvalue weighted by atomic mass is 10.2. The first-order valence-corrected chi connectivity index (χ1v) is 8.40. The van der Waals surface area contributed by atoms with Crippen LogP contribution in [-0.4, -0.2) is 39.0 Å². The maximum absolute atomic E-state index is 12.2. The molecule has 2 amide bonds. The van der Waals surface area contributed by atoms with Crippen LogP contribution in [-0.2, 0) is 19.3 Å². The van der Waals surface area contributed by atoms with Gasteiger partial charge in [-0.25, -0.2) is 9.78 Å². The molecule has 0 spiro atoms. The van der Waals surface area contributed by atoms with Crippen LogP contribution < -0.4 is 5.32 Å². The molecule has 0 saturated heterocycles. The van der Waals surface area contributed by atoms with Gasteiger partial charge in [0.15, 0.2) is 0 Å². The number of aryl methyl sites for hydroxylation is 1. The number of amides is 2. The summed E-state index contributed by atoms with van der Waals surface area (Å²) >= 11 is 7.81. The van der Waals surface area contributed by atoms with Gasteiger partial charge in [-0.15, -0.1) is 0 Å². The number of anilines is 1. The van der Waals surface area contributed by atoms with E-state index in [1.165, 1.54) is 6.33 Å². The highest BCUT2D eigenvalue weighted by Gasteiger charge is 2.13. The van der Waals surface area contributed by atoms with Crippen LogP contribution in [0.1, 0.15) is 11.4 Å². The first-order chi connectivity index (χ1) is 10.5. The molecule has 8 heteroatoms. The summed E-state index contributed by atoms with van der Waals surface area (Å²) in [5.74, 6) is 1.52. The molecule has 0 fully saturated rings. The largest absolute Gasteiger partial charge is 0.321 e. The van der Waals surface area contributed by atoms with Crippen molar-refractivity contribution >= 4 is 35.1 Å². The molecule has 1 aromatic heterocycles. The predicted molar refractivity (Wildman–Crippen MR) is 90.2 cm³/mol. The number of hydrogen-bond acceptors (Lipinski definition) is 4. The van der Waals surface area contributed by atoms with E-state index >= 15 is 0 Å². The van der Waals surface area contributed by atoms with Crippen molar-refractivity contribution in [3.05, 3.63) is 40.9 Å². The van der Waals surface area contributed by atoms with E-state index in [2.05, 4.69) is 15.4 Å². The molecule has 2 aromatic rings. The van der Waals surface area contributed by atoms with Crippen LogP contribution in [0.2, 0.25) is 5.02 Å². The Hall–Kier alpha value is -1.73. The minimum Gasteiger partial charge on any atom is -0.320 e. The van der Waals surface area contributed by atoms with Crippen LogP contribution in [0.4, 0.5) is 10.5 Å². The Balaban J connectivity index is 2.02. The van der Waals surface area contributed by atoms with E-state index in [0.29, 0.717) is 11.6 Å². The van der Waals surface area contributed by atoms with Crippen molar-refractivity contribution in [2.45, 2.75) is 12.3 Å². The van der Waals surface area contributed by atoms with Crippen molar-refractivity contribution in [3.63, 3.8) is 0 Å². The monoisotopic (exact) mass is 339 g/mol. The van der Waals surface area contributed by atoms with Crippen molar-refractivity contribution in [2.75, 3.05) is 18.6 Å². The average Bonchev–Trinajstić information content (AvgIpc) is 2.88. The minimum absolute atomic E-state index is 0.208. The molecule has 0 radical (unpaired) electrons. The van der Waals surface area contributed by atoms with E-state index in [-0.39, 0.29) is 6.03 Å². The van der Waals surface area contributed by atoms with E-state index in [4.69, 9.17) is 11.6 Å². The Bertz CT molecular complexity index is 660. The number of nitrogens with zero attached hydrogens (tertiary/aromatic N) is 4. The summed E-state index contributed by atoms with van der Waals surface area (Å²) in [5, 5.41) is 7.55. The Kier molecular flexibility index (Phi) is 5.68. The van der Waals surface area contributed by atoms with Crippen molar-refractivity contribution < 1.29 is 4.79 Å². The van der Waals surface area contributed by atoms with Gasteiger partial charge in [0, 0.05) is 30.6 Å². The highest BCUT2D eigenvalue weighted by molar-refractivity contribution is 7.97. The number of rotatable bonds is 5. The summed E-state index contributed by atoms with van der Waals surface area (Å²) in [6, 6.07) is 5.28. The quantitative estimate of drug-likeness (QED) is 0.909. The van der Waals surface area contributed by atoms with Gasteiger partial charge < -0.3 is 10.2 Å². The number of nitrogens with one attached hydrogen (secondary N) is 1. The van der Waals surface area contributed by atoms with Gasteiger partial charge in [0.05, 0.1) is 6.54 Å². The van der Waals surface area contributed by atoms with Crippen LogP contribution in [0.15, 0.2) is 24.5 Å². The molecule has 0 aliphatic carbocycles. The molecular weight excluding hydrogens is 322 g/mol. The molecule has 2 rings (SSSR count). The minimum atomic E-state index is -0.208. The van der Waals surface area contributed by atoms with Crippen LogP contribution in [0, 0.1) is 0 Å². The summed E-state index contributed by atoms with van der Waals surface area (Å²) in [5.41, 5.74) is 1.73. The maximum atomic E-state index is 12.2. The number of halogens is 1. The molecule has 0 unspecified atom stereocenters. The number of benzene rings is 1. The van der Waals surface area contributed by atoms with Gasteiger partial charge in [-0.1, -0.05) is 11.6 Å². The van der Waals surface area contributed by atoms with Gasteiger partial charge in [-0.3, -0.25) is 4.68 Å². The highest BCUT2D eigenvalue weighted by Crippen LogP contribution is 2.24. The van der Waals surface area contributed by atoms with Crippen molar-refractivity contribution in [2.24, 2.45) is 7.05 Å². The molecule has 0 bridgehead atoms. The fourth-order valence-electron chi connectivity index (χ4n) is 1.88. The smallest absolute Gasteiger partial charge is 0.320 e. The number of urea groups is 1. The third kappa shape index (κ3) is 4.14. The summed E-state index contributed by atoms with van der Waals surface area (Å²) in [6.07, 6.45) is 3.48. The zero-order valence-corrected chi connectivity index (χ0v) is 14.3. The number of hydrogen-bond donors (Lipinski definition) is 1. The van der Waals surface area contributed by atoms with Crippen molar-refractivity contribution in [1.82, 2.24) is 19.7 Å². The summed E-state index contributed by atoms with van der Waals surface area (Å²) in [7, 11) is 3.50. The number of carbonyl (C=O) groups is 1. The number of carbonyl (C=O) groups excluding carboxylic acids is 1. The Morgan fingerprint density at radius 1 is 1.50 bits per heavy atom. The second-order valence-corrected chi connectivity index (χ2v) is 6.10. The van der Waals surface area contributed by atoms with Crippen LogP contribution in [0.3, 0.4) is 0 Å². The number of aromatic nitrogens is 3. The van der Waals surface area contributed by atoms with Gasteiger partial charge >= 0.3 is 6.03 Å². The summed E-state index contributed by atoms with van der Waals surface area (Å²) < 4.78 is 1.64. The molecule has 0 aliphatic rings. The van der Waals surface area contributed by atoms with Crippen LogP contribution in [0.25, 0.3) is 0 Å². The lowest BCUT2D eigenvalue weighted by molar-refractivity contribution is 0.219. The van der Waals surface area contributed by atoms with Gasteiger partial charge in [0.1, 0.15) is 12.2 Å². The van der Waals surface area contributed by atoms with Gasteiger partial charge in [0.25, 0.3) is 0 Å². The molecule has 1 heterocycles. The van der Waals surface area contributed by atoms with E-state index in [1.54, 1.807) is 47.6 Å². The molecule has 6 nitrogen and oxygen atoms in total. The lowest BCUT2D eigenvalue weighted by Gasteiger charge is -2.17. The van der Waals surface area contributed by atoms with Gasteiger partial charge in [-0.05, 0) is 30.0 Å². The second kappa shape index (κ2) is 7.51. The SMILES string of the molecule is CSCc1cc(NC(=O)N(C)Cc2ncnn2C)ccc1Cl. The normalized spacial score (nSPS) is 10.5. The topological polar surface area (TPSA) is 63.1 Å². The fourth-order valence-corrected chi connectivity index (χ4v) is 2.70. The first-order valence-electron chi connectivity index (χ1n) is 6.63. The lowest BCUT2D eigenvalue weighted by Crippen LogP contribution is -2.31. The highest BCUT2D eigenvalue weighted by atomic mass is 35.5. The van der Waals surface area contributed by atoms with Gasteiger partial charge in [-0.2, -0.15) is 16.9 Å². The number of thioether (sulfide) groups is 1. The zero-order valence-electron chi connectivity index (χ0n) is 12.7. The molecular formula is C14H18ClN5OS. The standard InChI is InChI=1S/C14H18ClN5OS/c1-19(7-13-16-9-17-20(13)2)14(21)18-11-4-5-12(15)10(6-11)8-22-3/h4-6,9H,7-8H2,1-3H3,(H,18,21). The molecule has 118 valence electrons. The van der Waals surface area contributed by atoms with E-state index < -0.39 is 0 Å². The van der Waals surface area contributed by atoms with E-state index in [1.807, 2.05) is 12.3 Å². The zero-order chi connectivity index (χ0) is 16.1. The molecule has 0 aliphatic heterocycles. The Labute approximate surface area is 138 Å². The molecule has 1 aromatic carbocycles. The average molecular weight is 340 g/mol. The third-order valence-corrected chi connectivity index (χ3v) is 4.10. The fraction of sp³-hybridized carbons (Fsp3) is 0.357. The van der Waals surface area contributed by atoms with E-state index in [0.717, 1.165) is 22.8 Å². The van der Waals surface area contributed by atoms with Gasteiger partial charge in [0.2, 0.25) is 0 Å². The Morgan fingerprint density at radius 2 is 2.27 bits per heavy atom. The second-order valence-electron chi connectivity index (χ2n) is 4.83. The van der Waals surface area contributed by atoms with Crippen molar-refractivity contribution in [3.8, 4) is 0 Å². The van der Waals surface area contributed by atoms with E-state index in [9.17, 15) is 4.79 Å². The van der Waals surface area contributed by atoms with Crippen molar-refractivity contribution in [1.29, 1.82) is 0 Å². The molecule has 22 heavy (non-hydrogen) atoms. The first kappa shape index (κ1) is 16.6. The third-order valence-electron chi connectivity index (χ3n) is 3.13. The Morgan fingerprint density at radius 3 is 2.91 bits per heavy atom. The summed E-state index contributed by atoms with van der Waals surface area (Å²) in [4.78, 5) is 17.9. The van der Waals surface area contributed by atoms with Crippen LogP contribution in [0.5, 0.6) is 0 Å². The maximum Gasteiger partial charge on any atom is 0.321 e. The molecule has 1 N–H and O–H groups in total. The predicted octanol–water partition coefficient (Wildman–Crippen LogP) is 3.00. The van der Waals surface area contributed by atoms with Crippen LogP contribution >= 0.6 is 23.4 Å².